The van der Waals surface area contributed by atoms with Crippen molar-refractivity contribution in [2.75, 3.05) is 11.6 Å². The molecule has 116 valence electrons. The molecule has 21 heavy (non-hydrogen) atoms. The lowest BCUT2D eigenvalue weighted by Crippen LogP contribution is -2.42. The minimum Gasteiger partial charge on any atom is -0.212 e. The highest BCUT2D eigenvalue weighted by Crippen LogP contribution is 2.40. The Morgan fingerprint density at radius 3 is 2.19 bits per heavy atom. The number of alkyl halides is 1. The first-order valence-corrected chi connectivity index (χ1v) is 9.90. The van der Waals surface area contributed by atoms with Gasteiger partial charge in [0, 0.05) is 11.9 Å². The molecule has 3 rings (SSSR count). The van der Waals surface area contributed by atoms with Crippen LogP contribution in [0.5, 0.6) is 0 Å². The Balaban J connectivity index is 1.77. The van der Waals surface area contributed by atoms with Gasteiger partial charge in [0.2, 0.25) is 10.0 Å². The smallest absolute Gasteiger partial charge is 0.211 e. The molecule has 0 spiro atoms. The van der Waals surface area contributed by atoms with Crippen LogP contribution < -0.4 is 4.72 Å². The summed E-state index contributed by atoms with van der Waals surface area (Å²) in [7, 11) is -3.21. The quantitative estimate of drug-likeness (QED) is 0.845. The second-order valence-corrected chi connectivity index (χ2v) is 8.53. The zero-order valence-corrected chi connectivity index (χ0v) is 13.7. The zero-order chi connectivity index (χ0) is 14.9. The first-order chi connectivity index (χ1) is 10.1. The summed E-state index contributed by atoms with van der Waals surface area (Å²) >= 11 is 5.61. The Morgan fingerprint density at radius 2 is 1.67 bits per heavy atom. The summed E-state index contributed by atoms with van der Waals surface area (Å²) < 4.78 is 27.4. The molecule has 0 aromatic heterocycles. The first kappa shape index (κ1) is 15.3. The largest absolute Gasteiger partial charge is 0.212 e. The predicted molar refractivity (Wildman–Crippen MR) is 86.1 cm³/mol. The molecule has 0 aliphatic heterocycles. The fourth-order valence-corrected chi connectivity index (χ4v) is 5.59. The number of rotatable bonds is 5. The van der Waals surface area contributed by atoms with Crippen molar-refractivity contribution in [3.63, 3.8) is 0 Å². The van der Waals surface area contributed by atoms with Crippen LogP contribution in [0.4, 0.5) is 0 Å². The maximum atomic E-state index is 12.2. The first-order valence-electron chi connectivity index (χ1n) is 7.72. The number of hydrogen-bond donors (Lipinski definition) is 1. The Labute approximate surface area is 132 Å². The van der Waals surface area contributed by atoms with Crippen LogP contribution in [-0.4, -0.2) is 26.1 Å². The van der Waals surface area contributed by atoms with Crippen molar-refractivity contribution in [2.45, 2.75) is 38.1 Å². The van der Waals surface area contributed by atoms with Gasteiger partial charge in [-0.1, -0.05) is 24.3 Å². The lowest BCUT2D eigenvalue weighted by molar-refractivity contribution is 0.386. The SMILES string of the molecule is O=S(=O)(CCCCl)NC1C2CCC1Cc1ccccc1C2. The van der Waals surface area contributed by atoms with Crippen molar-refractivity contribution in [3.05, 3.63) is 35.4 Å². The fraction of sp³-hybridized carbons (Fsp3) is 0.625. The van der Waals surface area contributed by atoms with E-state index >= 15 is 0 Å². The summed E-state index contributed by atoms with van der Waals surface area (Å²) in [5, 5.41) is 0. The molecule has 5 heteroatoms. The second-order valence-electron chi connectivity index (χ2n) is 6.28. The van der Waals surface area contributed by atoms with E-state index in [-0.39, 0.29) is 11.8 Å². The lowest BCUT2D eigenvalue weighted by atomic mass is 9.94. The highest BCUT2D eigenvalue weighted by Gasteiger charge is 2.40. The van der Waals surface area contributed by atoms with Gasteiger partial charge in [0.1, 0.15) is 0 Å². The van der Waals surface area contributed by atoms with Crippen LogP contribution in [0.15, 0.2) is 24.3 Å². The third kappa shape index (κ3) is 3.43. The van der Waals surface area contributed by atoms with Crippen LogP contribution in [0.3, 0.4) is 0 Å². The Kier molecular flexibility index (Phi) is 4.57. The van der Waals surface area contributed by atoms with E-state index in [9.17, 15) is 8.42 Å². The van der Waals surface area contributed by atoms with E-state index in [4.69, 9.17) is 11.6 Å². The summed E-state index contributed by atoms with van der Waals surface area (Å²) in [6.07, 6.45) is 4.76. The Morgan fingerprint density at radius 1 is 1.10 bits per heavy atom. The number of hydrogen-bond acceptors (Lipinski definition) is 2. The van der Waals surface area contributed by atoms with Gasteiger partial charge in [-0.25, -0.2) is 13.1 Å². The highest BCUT2D eigenvalue weighted by molar-refractivity contribution is 7.89. The summed E-state index contributed by atoms with van der Waals surface area (Å²) in [4.78, 5) is 0. The van der Waals surface area contributed by atoms with Gasteiger partial charge in [0.05, 0.1) is 5.75 Å². The average Bonchev–Trinajstić information content (AvgIpc) is 2.71. The van der Waals surface area contributed by atoms with Gasteiger partial charge in [0.25, 0.3) is 0 Å². The van der Waals surface area contributed by atoms with E-state index in [1.807, 2.05) is 0 Å². The second kappa shape index (κ2) is 6.27. The van der Waals surface area contributed by atoms with E-state index in [0.29, 0.717) is 24.1 Å². The van der Waals surface area contributed by atoms with Crippen molar-refractivity contribution in [3.8, 4) is 0 Å². The number of halogens is 1. The van der Waals surface area contributed by atoms with Gasteiger partial charge < -0.3 is 0 Å². The average molecular weight is 328 g/mol. The monoisotopic (exact) mass is 327 g/mol. The maximum Gasteiger partial charge on any atom is 0.211 e. The van der Waals surface area contributed by atoms with Crippen molar-refractivity contribution in [1.29, 1.82) is 0 Å². The van der Waals surface area contributed by atoms with Gasteiger partial charge >= 0.3 is 0 Å². The third-order valence-corrected chi connectivity index (χ3v) is 6.59. The maximum absolute atomic E-state index is 12.2. The molecule has 2 atom stereocenters. The fourth-order valence-electron chi connectivity index (χ4n) is 3.85. The van der Waals surface area contributed by atoms with Crippen molar-refractivity contribution in [2.24, 2.45) is 11.8 Å². The third-order valence-electron chi connectivity index (χ3n) is 4.87. The standard InChI is InChI=1S/C16H22ClNO2S/c17-8-3-9-21(19,20)18-16-14-6-7-15(16)11-13-5-2-1-4-12(13)10-14/h1-2,4-5,14-16,18H,3,6-11H2. The van der Waals surface area contributed by atoms with Gasteiger partial charge in [-0.05, 0) is 55.1 Å². The van der Waals surface area contributed by atoms with Crippen LogP contribution in [0.2, 0.25) is 0 Å². The Bertz CT molecular complexity index is 569. The lowest BCUT2D eigenvalue weighted by Gasteiger charge is -2.23. The zero-order valence-electron chi connectivity index (χ0n) is 12.1. The molecule has 2 unspecified atom stereocenters. The van der Waals surface area contributed by atoms with E-state index in [1.54, 1.807) is 0 Å². The van der Waals surface area contributed by atoms with Gasteiger partial charge in [-0.15, -0.1) is 11.6 Å². The van der Waals surface area contributed by atoms with E-state index in [2.05, 4.69) is 29.0 Å². The number of benzene rings is 1. The van der Waals surface area contributed by atoms with E-state index in [1.165, 1.54) is 11.1 Å². The van der Waals surface area contributed by atoms with Crippen LogP contribution in [-0.2, 0) is 22.9 Å². The van der Waals surface area contributed by atoms with Crippen LogP contribution >= 0.6 is 11.6 Å². The molecule has 3 nitrogen and oxygen atoms in total. The topological polar surface area (TPSA) is 46.2 Å². The molecular formula is C16H22ClNO2S. The number of sulfonamides is 1. The molecule has 0 amide bonds. The van der Waals surface area contributed by atoms with Crippen molar-refractivity contribution in [1.82, 2.24) is 4.72 Å². The molecular weight excluding hydrogens is 306 g/mol. The normalized spacial score (nSPS) is 28.1. The highest BCUT2D eigenvalue weighted by atomic mass is 35.5. The minimum absolute atomic E-state index is 0.0951. The molecule has 1 fully saturated rings. The molecule has 2 bridgehead atoms. The number of fused-ring (bicyclic) bond motifs is 3. The molecule has 1 N–H and O–H groups in total. The van der Waals surface area contributed by atoms with Crippen molar-refractivity contribution < 1.29 is 8.42 Å². The molecule has 2 aliphatic rings. The van der Waals surface area contributed by atoms with Gasteiger partial charge in [-0.3, -0.25) is 0 Å². The van der Waals surface area contributed by atoms with Crippen LogP contribution in [0, 0.1) is 11.8 Å². The van der Waals surface area contributed by atoms with Crippen LogP contribution in [0.1, 0.15) is 30.4 Å². The van der Waals surface area contributed by atoms with Gasteiger partial charge in [0.15, 0.2) is 0 Å². The summed E-state index contributed by atoms with van der Waals surface area (Å²) in [5.74, 6) is 1.40. The molecule has 1 aromatic rings. The van der Waals surface area contributed by atoms with Crippen LogP contribution in [0.25, 0.3) is 0 Å². The molecule has 2 aliphatic carbocycles. The predicted octanol–water partition coefficient (Wildman–Crippen LogP) is 2.73. The molecule has 0 heterocycles. The molecule has 1 saturated carbocycles. The number of nitrogens with one attached hydrogen (secondary N) is 1. The molecule has 1 aromatic carbocycles. The summed E-state index contributed by atoms with van der Waals surface area (Å²) in [6, 6.07) is 8.64. The summed E-state index contributed by atoms with van der Waals surface area (Å²) in [5.41, 5.74) is 2.80. The van der Waals surface area contributed by atoms with E-state index < -0.39 is 10.0 Å². The summed E-state index contributed by atoms with van der Waals surface area (Å²) in [6.45, 7) is 0. The van der Waals surface area contributed by atoms with Gasteiger partial charge in [-0.2, -0.15) is 0 Å². The Hall–Kier alpha value is -0.580. The molecule has 0 saturated heterocycles. The minimum atomic E-state index is -3.21. The van der Waals surface area contributed by atoms with Crippen molar-refractivity contribution >= 4 is 21.6 Å². The van der Waals surface area contributed by atoms with E-state index in [0.717, 1.165) is 25.7 Å². The molecule has 0 radical (unpaired) electrons.